The highest BCUT2D eigenvalue weighted by Gasteiger charge is 2.23. The largest absolute Gasteiger partial charge is 0.452 e. The number of hydrogen-bond donors (Lipinski definition) is 0. The lowest BCUT2D eigenvalue weighted by Gasteiger charge is -2.12. The summed E-state index contributed by atoms with van der Waals surface area (Å²) < 4.78 is 13.0. The van der Waals surface area contributed by atoms with Crippen LogP contribution < -0.4 is 0 Å². The van der Waals surface area contributed by atoms with Crippen molar-refractivity contribution >= 4 is 44.1 Å². The summed E-state index contributed by atoms with van der Waals surface area (Å²) in [6.07, 6.45) is 0. The van der Waals surface area contributed by atoms with E-state index in [1.54, 1.807) is 0 Å². The number of furan rings is 2. The predicted molar refractivity (Wildman–Crippen MR) is 225 cm³/mol. The maximum absolute atomic E-state index is 6.52. The summed E-state index contributed by atoms with van der Waals surface area (Å²) in [4.78, 5) is 21.1. The second-order valence-corrected chi connectivity index (χ2v) is 13.8. The Labute approximate surface area is 321 Å². The zero-order chi connectivity index (χ0) is 37.0. The predicted octanol–water partition coefficient (Wildman–Crippen LogP) is 13.1. The lowest BCUT2D eigenvalue weighted by molar-refractivity contribution is 0.667. The third kappa shape index (κ3) is 5.35. The zero-order valence-electron chi connectivity index (χ0n) is 29.9. The van der Waals surface area contributed by atoms with Crippen LogP contribution in [0.1, 0.15) is 0 Å². The highest BCUT2D eigenvalue weighted by Crippen LogP contribution is 2.41. The Morgan fingerprint density at radius 1 is 0.304 bits per heavy atom. The first-order chi connectivity index (χ1) is 27.7. The summed E-state index contributed by atoms with van der Waals surface area (Å²) in [5.41, 5.74) is 13.6. The van der Waals surface area contributed by atoms with Gasteiger partial charge in [0, 0.05) is 33.0 Å². The monoisotopic (exact) mass is 718 g/mol. The van der Waals surface area contributed by atoms with E-state index in [1.165, 1.54) is 0 Å². The molecule has 4 aromatic heterocycles. The Balaban J connectivity index is 1.14. The standard InChI is InChI=1S/C50H30N4O2/c1-3-15-31(16-4-1)33-19-13-21-35(29-33)43-47-45(39-25-9-11-27-41(39)55-47)53-49(51-43)37-23-7-8-24-38(37)50-52-44(48-46(54-50)40-26-10-12-28-42(40)56-48)36-22-14-20-34(30-36)32-17-5-2-6-18-32/h1-30H. The molecule has 262 valence electrons. The molecule has 0 fully saturated rings. The van der Waals surface area contributed by atoms with E-state index < -0.39 is 0 Å². The number of nitrogens with zero attached hydrogens (tertiary/aromatic N) is 4. The van der Waals surface area contributed by atoms with Crippen molar-refractivity contribution in [3.8, 4) is 67.5 Å². The molecule has 0 aliphatic carbocycles. The second kappa shape index (κ2) is 13.0. The summed E-state index contributed by atoms with van der Waals surface area (Å²) >= 11 is 0. The van der Waals surface area contributed by atoms with Gasteiger partial charge in [-0.2, -0.15) is 0 Å². The summed E-state index contributed by atoms with van der Waals surface area (Å²) in [7, 11) is 0. The molecule has 0 aliphatic heterocycles. The van der Waals surface area contributed by atoms with Crippen LogP contribution in [0.5, 0.6) is 0 Å². The van der Waals surface area contributed by atoms with E-state index in [4.69, 9.17) is 28.8 Å². The van der Waals surface area contributed by atoms with Gasteiger partial charge in [0.15, 0.2) is 22.8 Å². The normalized spacial score (nSPS) is 11.6. The Bertz CT molecular complexity index is 3040. The molecule has 4 heterocycles. The fourth-order valence-corrected chi connectivity index (χ4v) is 7.64. The first kappa shape index (κ1) is 31.8. The van der Waals surface area contributed by atoms with Crippen LogP contribution in [0.25, 0.3) is 112 Å². The Kier molecular flexibility index (Phi) is 7.38. The Hall–Kier alpha value is -7.70. The summed E-state index contributed by atoms with van der Waals surface area (Å²) in [5.74, 6) is 1.10. The molecule has 0 saturated heterocycles. The molecule has 11 aromatic rings. The third-order valence-corrected chi connectivity index (χ3v) is 10.3. The van der Waals surface area contributed by atoms with Crippen molar-refractivity contribution in [1.29, 1.82) is 0 Å². The lowest BCUT2D eigenvalue weighted by Crippen LogP contribution is -1.99. The number of hydrogen-bond acceptors (Lipinski definition) is 6. The van der Waals surface area contributed by atoms with Crippen molar-refractivity contribution in [3.63, 3.8) is 0 Å². The first-order valence-corrected chi connectivity index (χ1v) is 18.6. The highest BCUT2D eigenvalue weighted by atomic mass is 16.3. The van der Waals surface area contributed by atoms with Crippen LogP contribution in [0, 0.1) is 0 Å². The van der Waals surface area contributed by atoms with Crippen molar-refractivity contribution in [1.82, 2.24) is 19.9 Å². The maximum atomic E-state index is 6.52. The molecule has 0 aliphatic rings. The number of para-hydroxylation sites is 2. The van der Waals surface area contributed by atoms with Crippen molar-refractivity contribution < 1.29 is 8.83 Å². The molecule has 6 nitrogen and oxygen atoms in total. The number of fused-ring (bicyclic) bond motifs is 6. The van der Waals surface area contributed by atoms with Crippen LogP contribution >= 0.6 is 0 Å². The topological polar surface area (TPSA) is 77.8 Å². The Morgan fingerprint density at radius 2 is 0.679 bits per heavy atom. The molecule has 56 heavy (non-hydrogen) atoms. The van der Waals surface area contributed by atoms with Gasteiger partial charge in [0.2, 0.25) is 0 Å². The molecule has 0 spiro atoms. The summed E-state index contributed by atoms with van der Waals surface area (Å²) in [6, 6.07) is 61.7. The SMILES string of the molecule is c1ccc(-c2cccc(-c3nc(-c4ccccc4-c4nc(-c5cccc(-c6ccccc6)c5)c5oc6ccccc6c5n4)nc4c3oc3ccccc34)c2)cc1. The van der Waals surface area contributed by atoms with Crippen LogP contribution in [0.3, 0.4) is 0 Å². The van der Waals surface area contributed by atoms with E-state index >= 15 is 0 Å². The molecular formula is C50H30N4O2. The number of benzene rings is 7. The minimum Gasteiger partial charge on any atom is -0.452 e. The lowest BCUT2D eigenvalue weighted by atomic mass is 10.00. The van der Waals surface area contributed by atoms with Crippen molar-refractivity contribution in [3.05, 3.63) is 182 Å². The average Bonchev–Trinajstić information content (AvgIpc) is 3.85. The fourth-order valence-electron chi connectivity index (χ4n) is 7.64. The van der Waals surface area contributed by atoms with Gasteiger partial charge < -0.3 is 8.83 Å². The number of aromatic nitrogens is 4. The maximum Gasteiger partial charge on any atom is 0.180 e. The molecule has 0 amide bonds. The van der Waals surface area contributed by atoms with Gasteiger partial charge in [-0.1, -0.05) is 146 Å². The summed E-state index contributed by atoms with van der Waals surface area (Å²) in [5, 5.41) is 1.85. The molecule has 7 aromatic carbocycles. The summed E-state index contributed by atoms with van der Waals surface area (Å²) in [6.45, 7) is 0. The van der Waals surface area contributed by atoms with Gasteiger partial charge in [-0.25, -0.2) is 19.9 Å². The quantitative estimate of drug-likeness (QED) is 0.170. The first-order valence-electron chi connectivity index (χ1n) is 18.6. The highest BCUT2D eigenvalue weighted by molar-refractivity contribution is 6.09. The van der Waals surface area contributed by atoms with Gasteiger partial charge >= 0.3 is 0 Å². The zero-order valence-corrected chi connectivity index (χ0v) is 29.9. The smallest absolute Gasteiger partial charge is 0.180 e. The van der Waals surface area contributed by atoms with E-state index in [-0.39, 0.29) is 0 Å². The minimum atomic E-state index is 0.549. The molecule has 0 radical (unpaired) electrons. The molecule has 0 atom stereocenters. The van der Waals surface area contributed by atoms with Gasteiger partial charge in [-0.15, -0.1) is 0 Å². The average molecular weight is 719 g/mol. The van der Waals surface area contributed by atoms with Crippen molar-refractivity contribution in [2.75, 3.05) is 0 Å². The van der Waals surface area contributed by atoms with Crippen LogP contribution in [0.2, 0.25) is 0 Å². The van der Waals surface area contributed by atoms with Gasteiger partial charge in [0.25, 0.3) is 0 Å². The minimum absolute atomic E-state index is 0.549. The molecule has 0 bridgehead atoms. The van der Waals surface area contributed by atoms with Gasteiger partial charge in [0.1, 0.15) is 33.6 Å². The van der Waals surface area contributed by atoms with E-state index in [1.807, 2.05) is 84.9 Å². The van der Waals surface area contributed by atoms with E-state index in [0.717, 1.165) is 77.5 Å². The molecule has 0 unspecified atom stereocenters. The third-order valence-electron chi connectivity index (χ3n) is 10.3. The molecule has 0 N–H and O–H groups in total. The van der Waals surface area contributed by atoms with Crippen molar-refractivity contribution in [2.24, 2.45) is 0 Å². The van der Waals surface area contributed by atoms with Gasteiger partial charge in [-0.05, 0) is 58.7 Å². The van der Waals surface area contributed by atoms with Crippen LogP contribution in [0.4, 0.5) is 0 Å². The van der Waals surface area contributed by atoms with Crippen LogP contribution in [-0.4, -0.2) is 19.9 Å². The second-order valence-electron chi connectivity index (χ2n) is 13.8. The fraction of sp³-hybridized carbons (Fsp3) is 0. The van der Waals surface area contributed by atoms with Crippen LogP contribution in [-0.2, 0) is 0 Å². The van der Waals surface area contributed by atoms with E-state index in [9.17, 15) is 0 Å². The molecule has 11 rings (SSSR count). The van der Waals surface area contributed by atoms with Crippen molar-refractivity contribution in [2.45, 2.75) is 0 Å². The van der Waals surface area contributed by atoms with E-state index in [0.29, 0.717) is 34.2 Å². The molecule has 0 saturated carbocycles. The van der Waals surface area contributed by atoms with E-state index in [2.05, 4.69) is 97.1 Å². The molecule has 6 heteroatoms. The number of rotatable bonds is 6. The molecular weight excluding hydrogens is 689 g/mol. The van der Waals surface area contributed by atoms with Gasteiger partial charge in [0.05, 0.1) is 0 Å². The Morgan fingerprint density at radius 3 is 1.14 bits per heavy atom. The van der Waals surface area contributed by atoms with Crippen LogP contribution in [0.15, 0.2) is 191 Å². The van der Waals surface area contributed by atoms with Gasteiger partial charge in [-0.3, -0.25) is 0 Å².